The Kier molecular flexibility index (Phi) is 7.06. The smallest absolute Gasteiger partial charge is 0.259 e. The summed E-state index contributed by atoms with van der Waals surface area (Å²) < 4.78 is 11.3. The highest BCUT2D eigenvalue weighted by Crippen LogP contribution is 2.33. The Morgan fingerprint density at radius 2 is 1.86 bits per heavy atom. The molecule has 2 aromatic heterocycles. The number of nitrogens with one attached hydrogen (secondary N) is 1. The Bertz CT molecular complexity index is 1280. The van der Waals surface area contributed by atoms with Gasteiger partial charge in [0, 0.05) is 31.1 Å². The molecule has 0 spiro atoms. The summed E-state index contributed by atoms with van der Waals surface area (Å²) in [7, 11) is 0. The number of aromatic nitrogens is 2. The second-order valence-corrected chi connectivity index (χ2v) is 10.1. The van der Waals surface area contributed by atoms with E-state index in [0.29, 0.717) is 68.8 Å². The van der Waals surface area contributed by atoms with Crippen molar-refractivity contribution in [2.75, 3.05) is 39.4 Å². The fourth-order valence-corrected chi connectivity index (χ4v) is 6.27. The molecule has 0 saturated carbocycles. The first-order valence-corrected chi connectivity index (χ1v) is 13.3. The van der Waals surface area contributed by atoms with E-state index in [9.17, 15) is 9.59 Å². The van der Waals surface area contributed by atoms with E-state index < -0.39 is 0 Å². The summed E-state index contributed by atoms with van der Waals surface area (Å²) in [6.45, 7) is 8.05. The molecular formula is C26H32N4O4S. The largest absolute Gasteiger partial charge is 0.494 e. The molecule has 0 atom stereocenters. The number of amides is 1. The number of fused-ring (bicyclic) bond motifs is 3. The molecule has 1 fully saturated rings. The molecule has 1 N–H and O–H groups in total. The monoisotopic (exact) mass is 496 g/mol. The van der Waals surface area contributed by atoms with E-state index in [1.165, 1.54) is 16.9 Å². The Morgan fingerprint density at radius 1 is 1.09 bits per heavy atom. The molecule has 0 radical (unpaired) electrons. The molecule has 8 nitrogen and oxygen atoms in total. The average Bonchev–Trinajstić information content (AvgIpc) is 3.24. The van der Waals surface area contributed by atoms with Gasteiger partial charge < -0.3 is 19.4 Å². The zero-order valence-electron chi connectivity index (χ0n) is 20.4. The number of hydrogen-bond acceptors (Lipinski definition) is 7. The molecule has 3 heterocycles. The summed E-state index contributed by atoms with van der Waals surface area (Å²) in [5.74, 6) is 1.89. The van der Waals surface area contributed by atoms with E-state index in [-0.39, 0.29) is 11.5 Å². The van der Waals surface area contributed by atoms with E-state index in [1.54, 1.807) is 23.5 Å². The van der Waals surface area contributed by atoms with Crippen molar-refractivity contribution in [3.63, 3.8) is 0 Å². The van der Waals surface area contributed by atoms with Gasteiger partial charge >= 0.3 is 0 Å². The van der Waals surface area contributed by atoms with Crippen LogP contribution >= 0.6 is 11.3 Å². The lowest BCUT2D eigenvalue weighted by atomic mass is 9.97. The van der Waals surface area contributed by atoms with Gasteiger partial charge in [-0.25, -0.2) is 4.98 Å². The van der Waals surface area contributed by atoms with Gasteiger partial charge in [0.25, 0.3) is 11.5 Å². The van der Waals surface area contributed by atoms with Crippen LogP contribution in [0.1, 0.15) is 53.3 Å². The Hall–Kier alpha value is -2.91. The molecule has 5 rings (SSSR count). The molecule has 3 aromatic rings. The van der Waals surface area contributed by atoms with E-state index >= 15 is 0 Å². The number of thiophene rings is 1. The number of ether oxygens (including phenoxy) is 2. The van der Waals surface area contributed by atoms with Crippen LogP contribution in [-0.2, 0) is 19.4 Å². The fraction of sp³-hybridized carbons (Fsp3) is 0.500. The molecular weight excluding hydrogens is 464 g/mol. The molecule has 0 unspecified atom stereocenters. The topological polar surface area (TPSA) is 87.8 Å². The SMILES string of the molecule is CCOc1ccc(OCC)c(C(=O)N2CCN(Cc3nc4sc5c(c4c(=O)[nH]3)CCCC5)CC2)c1. The van der Waals surface area contributed by atoms with Crippen molar-refractivity contribution >= 4 is 27.5 Å². The van der Waals surface area contributed by atoms with Crippen molar-refractivity contribution in [1.82, 2.24) is 19.8 Å². The summed E-state index contributed by atoms with van der Waals surface area (Å²) in [6, 6.07) is 5.41. The maximum absolute atomic E-state index is 13.3. The lowest BCUT2D eigenvalue weighted by Gasteiger charge is -2.34. The van der Waals surface area contributed by atoms with Gasteiger partial charge in [-0.05, 0) is 63.3 Å². The van der Waals surface area contributed by atoms with Crippen LogP contribution < -0.4 is 15.0 Å². The number of nitrogens with zero attached hydrogens (tertiary/aromatic N) is 3. The average molecular weight is 497 g/mol. The minimum Gasteiger partial charge on any atom is -0.494 e. The lowest BCUT2D eigenvalue weighted by molar-refractivity contribution is 0.0621. The predicted molar refractivity (Wildman–Crippen MR) is 137 cm³/mol. The number of piperazine rings is 1. The molecule has 1 amide bonds. The van der Waals surface area contributed by atoms with Gasteiger partial charge in [-0.3, -0.25) is 14.5 Å². The molecule has 1 saturated heterocycles. The normalized spacial score (nSPS) is 16.3. The summed E-state index contributed by atoms with van der Waals surface area (Å²) in [6.07, 6.45) is 4.37. The quantitative estimate of drug-likeness (QED) is 0.538. The van der Waals surface area contributed by atoms with E-state index in [0.717, 1.165) is 29.5 Å². The van der Waals surface area contributed by atoms with Gasteiger partial charge in [0.15, 0.2) is 0 Å². The third-order valence-electron chi connectivity index (χ3n) is 6.70. The molecule has 186 valence electrons. The van der Waals surface area contributed by atoms with E-state index in [1.807, 2.05) is 24.8 Å². The number of rotatable bonds is 7. The maximum atomic E-state index is 13.3. The van der Waals surface area contributed by atoms with Crippen molar-refractivity contribution in [1.29, 1.82) is 0 Å². The number of aromatic amines is 1. The number of hydrogen-bond donors (Lipinski definition) is 1. The highest BCUT2D eigenvalue weighted by Gasteiger charge is 2.26. The van der Waals surface area contributed by atoms with Gasteiger partial charge in [0.1, 0.15) is 22.2 Å². The van der Waals surface area contributed by atoms with Crippen molar-refractivity contribution in [3.05, 3.63) is 50.4 Å². The number of carbonyl (C=O) groups is 1. The molecule has 2 aliphatic rings. The summed E-state index contributed by atoms with van der Waals surface area (Å²) in [4.78, 5) is 40.3. The number of benzene rings is 1. The van der Waals surface area contributed by atoms with Gasteiger partial charge in [-0.1, -0.05) is 0 Å². The zero-order chi connectivity index (χ0) is 24.4. The number of carbonyl (C=O) groups excluding carboxylic acids is 1. The number of H-pyrrole nitrogens is 1. The molecule has 9 heteroatoms. The molecule has 1 aromatic carbocycles. The molecule has 35 heavy (non-hydrogen) atoms. The first kappa shape index (κ1) is 23.8. The van der Waals surface area contributed by atoms with Crippen molar-refractivity contribution in [2.24, 2.45) is 0 Å². The minimum absolute atomic E-state index is 0.0177. The molecule has 1 aliphatic carbocycles. The van der Waals surface area contributed by atoms with Crippen LogP contribution in [0, 0.1) is 0 Å². The van der Waals surface area contributed by atoms with Crippen LogP contribution in [0.4, 0.5) is 0 Å². The van der Waals surface area contributed by atoms with Gasteiger partial charge in [0.2, 0.25) is 0 Å². The van der Waals surface area contributed by atoms with Gasteiger partial charge in [0.05, 0.1) is 30.7 Å². The van der Waals surface area contributed by atoms with Crippen LogP contribution in [0.2, 0.25) is 0 Å². The van der Waals surface area contributed by atoms with Gasteiger partial charge in [-0.2, -0.15) is 0 Å². The Balaban J connectivity index is 1.26. The molecule has 0 bridgehead atoms. The second kappa shape index (κ2) is 10.4. The fourth-order valence-electron chi connectivity index (χ4n) is 4.99. The third kappa shape index (κ3) is 4.92. The number of aryl methyl sites for hydroxylation is 2. The second-order valence-electron chi connectivity index (χ2n) is 9.00. The lowest BCUT2D eigenvalue weighted by Crippen LogP contribution is -2.48. The van der Waals surface area contributed by atoms with E-state index in [2.05, 4.69) is 9.88 Å². The van der Waals surface area contributed by atoms with Crippen molar-refractivity contribution in [3.8, 4) is 11.5 Å². The predicted octanol–water partition coefficient (Wildman–Crippen LogP) is 3.62. The van der Waals surface area contributed by atoms with Crippen LogP contribution in [0.25, 0.3) is 10.2 Å². The van der Waals surface area contributed by atoms with Crippen LogP contribution in [0.5, 0.6) is 11.5 Å². The van der Waals surface area contributed by atoms with Crippen LogP contribution in [-0.4, -0.2) is 65.1 Å². The molecule has 1 aliphatic heterocycles. The van der Waals surface area contributed by atoms with Gasteiger partial charge in [-0.15, -0.1) is 11.3 Å². The summed E-state index contributed by atoms with van der Waals surface area (Å²) in [5, 5.41) is 0.795. The third-order valence-corrected chi connectivity index (χ3v) is 7.88. The van der Waals surface area contributed by atoms with E-state index in [4.69, 9.17) is 14.5 Å². The Morgan fingerprint density at radius 3 is 2.63 bits per heavy atom. The first-order valence-electron chi connectivity index (χ1n) is 12.5. The first-order chi connectivity index (χ1) is 17.1. The standard InChI is InChI=1S/C26H32N4O4S/c1-3-33-17-9-10-20(34-4-2)19(15-17)26(32)30-13-11-29(12-14-30)16-22-27-24(31)23-18-7-5-6-8-21(18)35-25(23)28-22/h9-10,15H,3-8,11-14,16H2,1-2H3,(H,27,28,31). The highest BCUT2D eigenvalue weighted by molar-refractivity contribution is 7.18. The summed E-state index contributed by atoms with van der Waals surface area (Å²) in [5.41, 5.74) is 1.73. The highest BCUT2D eigenvalue weighted by atomic mass is 32.1. The van der Waals surface area contributed by atoms with Crippen LogP contribution in [0.15, 0.2) is 23.0 Å². The minimum atomic E-state index is -0.0493. The Labute approximate surface area is 208 Å². The van der Waals surface area contributed by atoms with Crippen molar-refractivity contribution in [2.45, 2.75) is 46.1 Å². The van der Waals surface area contributed by atoms with Crippen molar-refractivity contribution < 1.29 is 14.3 Å². The maximum Gasteiger partial charge on any atom is 0.259 e. The zero-order valence-corrected chi connectivity index (χ0v) is 21.2. The van der Waals surface area contributed by atoms with Crippen LogP contribution in [0.3, 0.4) is 0 Å². The summed E-state index contributed by atoms with van der Waals surface area (Å²) >= 11 is 1.68.